The SMILES string of the molecule is CC(C)PC#Cc1ccccc1. The van der Waals surface area contributed by atoms with Gasteiger partial charge in [-0.25, -0.2) is 0 Å². The molecular weight excluding hydrogens is 163 g/mol. The molecule has 1 aromatic rings. The van der Waals surface area contributed by atoms with Crippen molar-refractivity contribution >= 4 is 8.58 Å². The molecule has 0 saturated carbocycles. The third-order valence-electron chi connectivity index (χ3n) is 1.34. The second-order valence-corrected chi connectivity index (χ2v) is 4.61. The highest BCUT2D eigenvalue weighted by Crippen LogP contribution is 2.14. The second-order valence-electron chi connectivity index (χ2n) is 2.92. The summed E-state index contributed by atoms with van der Waals surface area (Å²) >= 11 is 0. The van der Waals surface area contributed by atoms with Gasteiger partial charge in [-0.15, -0.1) is 0 Å². The van der Waals surface area contributed by atoms with E-state index in [4.69, 9.17) is 0 Å². The van der Waals surface area contributed by atoms with E-state index in [1.165, 1.54) is 0 Å². The summed E-state index contributed by atoms with van der Waals surface area (Å²) in [5.41, 5.74) is 4.99. The van der Waals surface area contributed by atoms with Crippen molar-refractivity contribution in [1.82, 2.24) is 0 Å². The van der Waals surface area contributed by atoms with E-state index in [-0.39, 0.29) is 0 Å². The van der Waals surface area contributed by atoms with Gasteiger partial charge in [0.15, 0.2) is 0 Å². The summed E-state index contributed by atoms with van der Waals surface area (Å²) in [6, 6.07) is 10.1. The highest BCUT2D eigenvalue weighted by molar-refractivity contribution is 7.44. The maximum atomic E-state index is 3.18. The summed E-state index contributed by atoms with van der Waals surface area (Å²) in [6.45, 7) is 4.39. The molecule has 1 aromatic carbocycles. The molecule has 0 amide bonds. The van der Waals surface area contributed by atoms with Crippen LogP contribution >= 0.6 is 8.58 Å². The van der Waals surface area contributed by atoms with Crippen LogP contribution in [0.15, 0.2) is 30.3 Å². The Balaban J connectivity index is 2.55. The molecule has 0 aliphatic rings. The molecule has 0 radical (unpaired) electrons. The standard InChI is InChI=1S/C11H13P/c1-10(2)12-9-8-11-6-4-3-5-7-11/h3-7,10,12H,1-2H3. The Morgan fingerprint density at radius 3 is 2.42 bits per heavy atom. The third-order valence-corrected chi connectivity index (χ3v) is 2.19. The summed E-state index contributed by atoms with van der Waals surface area (Å²) in [5, 5.41) is 0. The lowest BCUT2D eigenvalue weighted by Gasteiger charge is -1.93. The summed E-state index contributed by atoms with van der Waals surface area (Å²) < 4.78 is 0. The molecule has 0 aliphatic heterocycles. The molecule has 0 spiro atoms. The molecule has 12 heavy (non-hydrogen) atoms. The summed E-state index contributed by atoms with van der Waals surface area (Å²) in [6.07, 6.45) is 0. The Hall–Kier alpha value is -0.790. The van der Waals surface area contributed by atoms with Crippen molar-refractivity contribution in [3.8, 4) is 11.6 Å². The minimum Gasteiger partial charge on any atom is -0.0744 e. The van der Waals surface area contributed by atoms with Crippen molar-refractivity contribution in [3.63, 3.8) is 0 Å². The average molecular weight is 176 g/mol. The predicted molar refractivity (Wildman–Crippen MR) is 56.8 cm³/mol. The summed E-state index contributed by atoms with van der Waals surface area (Å²) in [5.74, 6) is 3.14. The van der Waals surface area contributed by atoms with Crippen LogP contribution in [0, 0.1) is 11.6 Å². The van der Waals surface area contributed by atoms with Gasteiger partial charge in [-0.05, 0) is 26.4 Å². The molecule has 0 heterocycles. The monoisotopic (exact) mass is 176 g/mol. The maximum Gasteiger partial charge on any atom is 0.0248 e. The molecular formula is C11H13P. The molecule has 0 nitrogen and oxygen atoms in total. The van der Waals surface area contributed by atoms with Crippen molar-refractivity contribution in [3.05, 3.63) is 35.9 Å². The van der Waals surface area contributed by atoms with Gasteiger partial charge in [-0.2, -0.15) is 0 Å². The number of hydrogen-bond acceptors (Lipinski definition) is 0. The van der Waals surface area contributed by atoms with E-state index < -0.39 is 0 Å². The molecule has 0 bridgehead atoms. The van der Waals surface area contributed by atoms with Crippen molar-refractivity contribution in [2.45, 2.75) is 19.5 Å². The molecule has 1 heteroatoms. The van der Waals surface area contributed by atoms with Gasteiger partial charge in [-0.1, -0.05) is 43.6 Å². The highest BCUT2D eigenvalue weighted by Gasteiger charge is 1.86. The molecule has 1 unspecified atom stereocenters. The maximum absolute atomic E-state index is 3.18. The zero-order valence-corrected chi connectivity index (χ0v) is 8.46. The van der Waals surface area contributed by atoms with Crippen molar-refractivity contribution in [1.29, 1.82) is 0 Å². The van der Waals surface area contributed by atoms with Crippen LogP contribution in [0.1, 0.15) is 19.4 Å². The van der Waals surface area contributed by atoms with Crippen LogP contribution in [-0.4, -0.2) is 5.66 Å². The van der Waals surface area contributed by atoms with Crippen LogP contribution < -0.4 is 0 Å². The third kappa shape index (κ3) is 3.56. The molecule has 1 rings (SSSR count). The number of hydrogen-bond donors (Lipinski definition) is 0. The minimum atomic E-state index is 0.696. The smallest absolute Gasteiger partial charge is 0.0248 e. The first-order chi connectivity index (χ1) is 5.79. The Labute approximate surface area is 76.2 Å². The van der Waals surface area contributed by atoms with Gasteiger partial charge >= 0.3 is 0 Å². The first-order valence-corrected chi connectivity index (χ1v) is 5.18. The first kappa shape index (κ1) is 9.30. The quantitative estimate of drug-likeness (QED) is 0.455. The van der Waals surface area contributed by atoms with Crippen molar-refractivity contribution < 1.29 is 0 Å². The topological polar surface area (TPSA) is 0 Å². The first-order valence-electron chi connectivity index (χ1n) is 4.10. The molecule has 0 saturated heterocycles. The molecule has 62 valence electrons. The van der Waals surface area contributed by atoms with Gasteiger partial charge in [0.05, 0.1) is 0 Å². The lowest BCUT2D eigenvalue weighted by Crippen LogP contribution is -1.78. The summed E-state index contributed by atoms with van der Waals surface area (Å²) in [7, 11) is 0.753. The van der Waals surface area contributed by atoms with Crippen molar-refractivity contribution in [2.75, 3.05) is 0 Å². The van der Waals surface area contributed by atoms with Crippen LogP contribution in [0.3, 0.4) is 0 Å². The van der Waals surface area contributed by atoms with Crippen LogP contribution in [-0.2, 0) is 0 Å². The lowest BCUT2D eigenvalue weighted by atomic mass is 10.2. The van der Waals surface area contributed by atoms with E-state index in [1.54, 1.807) is 0 Å². The van der Waals surface area contributed by atoms with E-state index in [2.05, 4.69) is 25.4 Å². The summed E-state index contributed by atoms with van der Waals surface area (Å²) in [4.78, 5) is 0. The normalized spacial score (nSPS) is 10.2. The average Bonchev–Trinajstić information content (AvgIpc) is 2.05. The zero-order chi connectivity index (χ0) is 8.81. The van der Waals surface area contributed by atoms with Gasteiger partial charge < -0.3 is 0 Å². The van der Waals surface area contributed by atoms with Crippen LogP contribution in [0.4, 0.5) is 0 Å². The molecule has 0 aliphatic carbocycles. The van der Waals surface area contributed by atoms with E-state index >= 15 is 0 Å². The van der Waals surface area contributed by atoms with E-state index in [1.807, 2.05) is 30.3 Å². The van der Waals surface area contributed by atoms with Gasteiger partial charge in [-0.3, -0.25) is 0 Å². The second kappa shape index (κ2) is 4.96. The number of rotatable bonds is 1. The molecule has 0 fully saturated rings. The Kier molecular flexibility index (Phi) is 3.85. The predicted octanol–water partition coefficient (Wildman–Crippen LogP) is 3.08. The van der Waals surface area contributed by atoms with Crippen molar-refractivity contribution in [2.24, 2.45) is 0 Å². The fourth-order valence-electron chi connectivity index (χ4n) is 0.774. The lowest BCUT2D eigenvalue weighted by molar-refractivity contribution is 1.11. The minimum absolute atomic E-state index is 0.696. The Morgan fingerprint density at radius 2 is 1.83 bits per heavy atom. The van der Waals surface area contributed by atoms with E-state index in [0.717, 1.165) is 14.1 Å². The van der Waals surface area contributed by atoms with Crippen LogP contribution in [0.25, 0.3) is 0 Å². The van der Waals surface area contributed by atoms with Gasteiger partial charge in [0.1, 0.15) is 0 Å². The largest absolute Gasteiger partial charge is 0.0744 e. The number of benzene rings is 1. The van der Waals surface area contributed by atoms with Gasteiger partial charge in [0.2, 0.25) is 0 Å². The van der Waals surface area contributed by atoms with Crippen LogP contribution in [0.2, 0.25) is 0 Å². The molecule has 1 atom stereocenters. The van der Waals surface area contributed by atoms with E-state index in [0.29, 0.717) is 5.66 Å². The highest BCUT2D eigenvalue weighted by atomic mass is 31.1. The van der Waals surface area contributed by atoms with Gasteiger partial charge in [0, 0.05) is 5.56 Å². The molecule has 0 N–H and O–H groups in total. The van der Waals surface area contributed by atoms with Gasteiger partial charge in [0.25, 0.3) is 0 Å². The Morgan fingerprint density at radius 1 is 1.17 bits per heavy atom. The fourth-order valence-corrected chi connectivity index (χ4v) is 1.28. The van der Waals surface area contributed by atoms with Crippen LogP contribution in [0.5, 0.6) is 0 Å². The van der Waals surface area contributed by atoms with E-state index in [9.17, 15) is 0 Å². The zero-order valence-electron chi connectivity index (χ0n) is 7.46. The molecule has 0 aromatic heterocycles. The Bertz CT molecular complexity index is 277. The fraction of sp³-hybridized carbons (Fsp3) is 0.273.